The normalized spacial score (nSPS) is 12.8. The Balaban J connectivity index is 2.46. The van der Waals surface area contributed by atoms with Gasteiger partial charge in [0.2, 0.25) is 0 Å². The molecule has 16 heavy (non-hydrogen) atoms. The van der Waals surface area contributed by atoms with E-state index >= 15 is 0 Å². The van der Waals surface area contributed by atoms with Crippen molar-refractivity contribution in [2.24, 2.45) is 0 Å². The highest BCUT2D eigenvalue weighted by Crippen LogP contribution is 2.26. The lowest BCUT2D eigenvalue weighted by molar-refractivity contribution is 0.184. The highest BCUT2D eigenvalue weighted by Gasteiger charge is 2.14. The highest BCUT2D eigenvalue weighted by molar-refractivity contribution is 9.10. The van der Waals surface area contributed by atoms with E-state index in [1.54, 1.807) is 6.92 Å². The Hall–Kier alpha value is -1.20. The molecule has 2 aromatic rings. The molecule has 0 saturated heterocycles. The third-order valence-corrected chi connectivity index (χ3v) is 2.74. The lowest BCUT2D eigenvalue weighted by atomic mass is 10.1. The number of nitrogens with zero attached hydrogens (tertiary/aromatic N) is 2. The van der Waals surface area contributed by atoms with Gasteiger partial charge in [-0.2, -0.15) is 4.98 Å². The van der Waals surface area contributed by atoms with Crippen molar-refractivity contribution >= 4 is 15.9 Å². The summed E-state index contributed by atoms with van der Waals surface area (Å²) in [5.41, 5.74) is 1.91. The van der Waals surface area contributed by atoms with Gasteiger partial charge in [-0.15, -0.1) is 0 Å². The zero-order valence-corrected chi connectivity index (χ0v) is 10.5. The molecule has 1 atom stereocenters. The van der Waals surface area contributed by atoms with Crippen molar-refractivity contribution in [3.8, 4) is 11.5 Å². The summed E-state index contributed by atoms with van der Waals surface area (Å²) < 4.78 is 6.05. The van der Waals surface area contributed by atoms with E-state index < -0.39 is 6.10 Å². The Kier molecular flexibility index (Phi) is 3.07. The van der Waals surface area contributed by atoms with Crippen LogP contribution in [0.25, 0.3) is 11.5 Å². The Morgan fingerprint density at radius 1 is 1.44 bits per heavy atom. The van der Waals surface area contributed by atoms with Crippen LogP contribution < -0.4 is 0 Å². The van der Waals surface area contributed by atoms with E-state index in [1.807, 2.05) is 25.1 Å². The SMILES string of the molecule is Cc1ccc(Br)cc1-c1nc(C(C)O)no1. The number of aliphatic hydroxyl groups excluding tert-OH is 1. The maximum Gasteiger partial charge on any atom is 0.258 e. The molecule has 1 unspecified atom stereocenters. The van der Waals surface area contributed by atoms with Gasteiger partial charge in [0.1, 0.15) is 6.10 Å². The minimum absolute atomic E-state index is 0.300. The number of hydrogen-bond donors (Lipinski definition) is 1. The smallest absolute Gasteiger partial charge is 0.258 e. The first kappa shape index (κ1) is 11.3. The number of aryl methyl sites for hydroxylation is 1. The molecular weight excluding hydrogens is 272 g/mol. The van der Waals surface area contributed by atoms with Gasteiger partial charge in [-0.3, -0.25) is 0 Å². The molecule has 5 heteroatoms. The first-order valence-electron chi connectivity index (χ1n) is 4.86. The summed E-state index contributed by atoms with van der Waals surface area (Å²) in [5.74, 6) is 0.726. The first-order valence-corrected chi connectivity index (χ1v) is 5.65. The van der Waals surface area contributed by atoms with Crippen molar-refractivity contribution in [3.63, 3.8) is 0 Å². The zero-order chi connectivity index (χ0) is 11.7. The van der Waals surface area contributed by atoms with Crippen molar-refractivity contribution < 1.29 is 9.63 Å². The molecule has 84 valence electrons. The van der Waals surface area contributed by atoms with Crippen molar-refractivity contribution in [1.82, 2.24) is 10.1 Å². The molecule has 0 amide bonds. The summed E-state index contributed by atoms with van der Waals surface area (Å²) >= 11 is 3.39. The summed E-state index contributed by atoms with van der Waals surface area (Å²) in [6, 6.07) is 5.82. The van der Waals surface area contributed by atoms with Gasteiger partial charge < -0.3 is 9.63 Å². The van der Waals surface area contributed by atoms with Gasteiger partial charge in [0.15, 0.2) is 5.82 Å². The molecule has 1 aromatic carbocycles. The second-order valence-electron chi connectivity index (χ2n) is 3.59. The molecule has 0 radical (unpaired) electrons. The fraction of sp³-hybridized carbons (Fsp3) is 0.273. The standard InChI is InChI=1S/C11H11BrN2O2/c1-6-3-4-8(12)5-9(6)11-13-10(7(2)15)14-16-11/h3-5,7,15H,1-2H3. The molecule has 0 spiro atoms. The maximum absolute atomic E-state index is 9.31. The molecule has 4 nitrogen and oxygen atoms in total. The van der Waals surface area contributed by atoms with Gasteiger partial charge in [0.05, 0.1) is 0 Å². The Labute approximate surface area is 101 Å². The van der Waals surface area contributed by atoms with Crippen molar-refractivity contribution in [1.29, 1.82) is 0 Å². The predicted molar refractivity (Wildman–Crippen MR) is 62.8 cm³/mol. The number of rotatable bonds is 2. The monoisotopic (exact) mass is 282 g/mol. The van der Waals surface area contributed by atoms with Gasteiger partial charge in [0, 0.05) is 10.0 Å². The van der Waals surface area contributed by atoms with E-state index in [4.69, 9.17) is 4.52 Å². The molecule has 0 saturated carbocycles. The van der Waals surface area contributed by atoms with Crippen LogP contribution in [0.1, 0.15) is 24.4 Å². The summed E-state index contributed by atoms with van der Waals surface area (Å²) in [6.07, 6.45) is -0.718. The first-order chi connectivity index (χ1) is 7.58. The van der Waals surface area contributed by atoms with Crippen LogP contribution in [0.2, 0.25) is 0 Å². The summed E-state index contributed by atoms with van der Waals surface area (Å²) in [5, 5.41) is 13.0. The molecule has 1 N–H and O–H groups in total. The highest BCUT2D eigenvalue weighted by atomic mass is 79.9. The zero-order valence-electron chi connectivity index (χ0n) is 8.94. The van der Waals surface area contributed by atoms with E-state index in [0.717, 1.165) is 15.6 Å². The van der Waals surface area contributed by atoms with Crippen molar-refractivity contribution in [2.75, 3.05) is 0 Å². The third kappa shape index (κ3) is 2.15. The Morgan fingerprint density at radius 2 is 2.19 bits per heavy atom. The second kappa shape index (κ2) is 4.35. The van der Waals surface area contributed by atoms with Crippen LogP contribution in [0.15, 0.2) is 27.2 Å². The second-order valence-corrected chi connectivity index (χ2v) is 4.51. The quantitative estimate of drug-likeness (QED) is 0.920. The predicted octanol–water partition coefficient (Wildman–Crippen LogP) is 2.86. The average molecular weight is 283 g/mol. The topological polar surface area (TPSA) is 59.2 Å². The number of halogens is 1. The van der Waals surface area contributed by atoms with E-state index in [2.05, 4.69) is 26.1 Å². The maximum atomic E-state index is 9.31. The Morgan fingerprint density at radius 3 is 2.81 bits per heavy atom. The molecule has 0 fully saturated rings. The van der Waals surface area contributed by atoms with Crippen LogP contribution in [0.4, 0.5) is 0 Å². The van der Waals surface area contributed by atoms with Crippen LogP contribution in [0.3, 0.4) is 0 Å². The van der Waals surface area contributed by atoms with Crippen molar-refractivity contribution in [2.45, 2.75) is 20.0 Å². The molecular formula is C11H11BrN2O2. The molecule has 0 aliphatic rings. The van der Waals surface area contributed by atoms with Gasteiger partial charge in [0.25, 0.3) is 5.89 Å². The van der Waals surface area contributed by atoms with Gasteiger partial charge >= 0.3 is 0 Å². The van der Waals surface area contributed by atoms with E-state index in [-0.39, 0.29) is 0 Å². The molecule has 1 aromatic heterocycles. The van der Waals surface area contributed by atoms with Crippen LogP contribution in [-0.2, 0) is 0 Å². The Bertz CT molecular complexity index is 508. The third-order valence-electron chi connectivity index (χ3n) is 2.25. The van der Waals surface area contributed by atoms with Crippen LogP contribution in [-0.4, -0.2) is 15.2 Å². The molecule has 0 aliphatic carbocycles. The van der Waals surface area contributed by atoms with Crippen LogP contribution in [0.5, 0.6) is 0 Å². The average Bonchev–Trinajstić information content (AvgIpc) is 2.70. The summed E-state index contributed by atoms with van der Waals surface area (Å²) in [6.45, 7) is 3.57. The fourth-order valence-corrected chi connectivity index (χ4v) is 1.70. The van der Waals surface area contributed by atoms with Crippen molar-refractivity contribution in [3.05, 3.63) is 34.1 Å². The van der Waals surface area contributed by atoms with E-state index in [0.29, 0.717) is 11.7 Å². The summed E-state index contributed by atoms with van der Waals surface area (Å²) in [7, 11) is 0. The molecule has 2 rings (SSSR count). The van der Waals surface area contributed by atoms with E-state index in [1.165, 1.54) is 0 Å². The van der Waals surface area contributed by atoms with Gasteiger partial charge in [-0.25, -0.2) is 0 Å². The largest absolute Gasteiger partial charge is 0.385 e. The number of hydrogen-bond acceptors (Lipinski definition) is 4. The minimum atomic E-state index is -0.718. The van der Waals surface area contributed by atoms with E-state index in [9.17, 15) is 5.11 Å². The summed E-state index contributed by atoms with van der Waals surface area (Å²) in [4.78, 5) is 4.13. The van der Waals surface area contributed by atoms with Crippen LogP contribution >= 0.6 is 15.9 Å². The van der Waals surface area contributed by atoms with Gasteiger partial charge in [-0.1, -0.05) is 27.2 Å². The molecule has 0 aliphatic heterocycles. The number of aliphatic hydroxyl groups is 1. The lowest BCUT2D eigenvalue weighted by Gasteiger charge is -2.00. The minimum Gasteiger partial charge on any atom is -0.385 e. The fourth-order valence-electron chi connectivity index (χ4n) is 1.34. The molecule has 1 heterocycles. The molecule has 0 bridgehead atoms. The lowest BCUT2D eigenvalue weighted by Crippen LogP contribution is -1.93. The number of aromatic nitrogens is 2. The van der Waals surface area contributed by atoms with Crippen LogP contribution in [0, 0.1) is 6.92 Å². The van der Waals surface area contributed by atoms with Gasteiger partial charge in [-0.05, 0) is 31.5 Å². The number of benzene rings is 1.